The summed E-state index contributed by atoms with van der Waals surface area (Å²) in [4.78, 5) is 4.16. The molecule has 0 aromatic carbocycles. The van der Waals surface area contributed by atoms with Gasteiger partial charge in [0.1, 0.15) is 5.01 Å². The van der Waals surface area contributed by atoms with Gasteiger partial charge in [-0.15, -0.1) is 16.4 Å². The Hall–Kier alpha value is -0.950. The van der Waals surface area contributed by atoms with Gasteiger partial charge in [-0.3, -0.25) is 0 Å². The zero-order chi connectivity index (χ0) is 9.26. The monoisotopic (exact) mass is 259 g/mol. The summed E-state index contributed by atoms with van der Waals surface area (Å²) in [5, 5.41) is 8.46. The van der Waals surface area contributed by atoms with Crippen LogP contribution in [0.25, 0.3) is 0 Å². The Morgan fingerprint density at radius 3 is 3.00 bits per heavy atom. The molecule has 0 atom stereocenters. The van der Waals surface area contributed by atoms with Gasteiger partial charge < -0.3 is 5.73 Å². The number of rotatable bonds is 2. The van der Waals surface area contributed by atoms with Crippen molar-refractivity contribution in [2.24, 2.45) is 0 Å². The highest BCUT2D eigenvalue weighted by Gasteiger charge is 2.02. The van der Waals surface area contributed by atoms with Crippen molar-refractivity contribution in [3.8, 4) is 0 Å². The zero-order valence-corrected chi connectivity index (χ0v) is 8.92. The molecule has 0 unspecified atom stereocenters. The molecule has 0 aliphatic carbocycles. The molecule has 0 aliphatic rings. The average molecular weight is 260 g/mol. The van der Waals surface area contributed by atoms with Gasteiger partial charge in [0, 0.05) is 0 Å². The van der Waals surface area contributed by atoms with E-state index < -0.39 is 0 Å². The van der Waals surface area contributed by atoms with Gasteiger partial charge in [0.2, 0.25) is 0 Å². The lowest BCUT2D eigenvalue weighted by atomic mass is 10.6. The van der Waals surface area contributed by atoms with Gasteiger partial charge in [-0.2, -0.15) is 0 Å². The van der Waals surface area contributed by atoms with E-state index in [9.17, 15) is 0 Å². The third-order valence-electron chi connectivity index (χ3n) is 1.38. The van der Waals surface area contributed by atoms with Gasteiger partial charge in [0.05, 0.1) is 22.7 Å². The van der Waals surface area contributed by atoms with Crippen molar-refractivity contribution in [2.75, 3.05) is 5.73 Å². The largest absolute Gasteiger partial charge is 0.381 e. The van der Waals surface area contributed by atoms with Crippen LogP contribution in [0.4, 0.5) is 5.82 Å². The van der Waals surface area contributed by atoms with E-state index >= 15 is 0 Å². The molecule has 0 saturated heterocycles. The summed E-state index contributed by atoms with van der Waals surface area (Å²) in [6.07, 6.45) is 3.44. The number of halogens is 1. The van der Waals surface area contributed by atoms with Crippen molar-refractivity contribution < 1.29 is 0 Å². The first kappa shape index (κ1) is 8.64. The van der Waals surface area contributed by atoms with E-state index in [0.717, 1.165) is 8.79 Å². The quantitative estimate of drug-likeness (QED) is 0.878. The second-order valence-corrected chi connectivity index (χ2v) is 4.89. The molecule has 5 nitrogen and oxygen atoms in total. The summed E-state index contributed by atoms with van der Waals surface area (Å²) in [6, 6.07) is 0. The highest BCUT2D eigenvalue weighted by molar-refractivity contribution is 9.11. The molecular formula is C6H6BrN5S. The average Bonchev–Trinajstić information content (AvgIpc) is 2.62. The van der Waals surface area contributed by atoms with Crippen LogP contribution < -0.4 is 5.73 Å². The number of nitrogens with zero attached hydrogens (tertiary/aromatic N) is 4. The Kier molecular flexibility index (Phi) is 2.28. The second-order valence-electron chi connectivity index (χ2n) is 2.40. The first-order valence-corrected chi connectivity index (χ1v) is 5.11. The highest BCUT2D eigenvalue weighted by Crippen LogP contribution is 2.19. The SMILES string of the molecule is Nc1cn(Cc2ncc(Br)s2)nn1. The summed E-state index contributed by atoms with van der Waals surface area (Å²) in [6.45, 7) is 0.612. The van der Waals surface area contributed by atoms with Crippen molar-refractivity contribution in [1.29, 1.82) is 0 Å². The Balaban J connectivity index is 2.14. The van der Waals surface area contributed by atoms with Crippen LogP contribution in [-0.4, -0.2) is 20.0 Å². The lowest BCUT2D eigenvalue weighted by molar-refractivity contribution is 0.647. The molecule has 68 valence electrons. The molecule has 2 aromatic heterocycles. The molecule has 0 spiro atoms. The number of anilines is 1. The lowest BCUT2D eigenvalue weighted by Gasteiger charge is -1.92. The van der Waals surface area contributed by atoms with Crippen LogP contribution >= 0.6 is 27.3 Å². The van der Waals surface area contributed by atoms with Crippen LogP contribution in [0.15, 0.2) is 16.2 Å². The molecule has 13 heavy (non-hydrogen) atoms. The lowest BCUT2D eigenvalue weighted by Crippen LogP contribution is -1.99. The van der Waals surface area contributed by atoms with Crippen LogP contribution in [0.5, 0.6) is 0 Å². The summed E-state index contributed by atoms with van der Waals surface area (Å²) in [5.74, 6) is 0.427. The van der Waals surface area contributed by atoms with E-state index in [1.807, 2.05) is 0 Å². The van der Waals surface area contributed by atoms with Crippen LogP contribution in [0.2, 0.25) is 0 Å². The molecule has 0 saturated carbocycles. The van der Waals surface area contributed by atoms with Gasteiger partial charge in [0.25, 0.3) is 0 Å². The molecule has 0 fully saturated rings. The molecule has 2 N–H and O–H groups in total. The normalized spacial score (nSPS) is 10.5. The van der Waals surface area contributed by atoms with Gasteiger partial charge in [0.15, 0.2) is 5.82 Å². The maximum absolute atomic E-state index is 5.42. The van der Waals surface area contributed by atoms with Gasteiger partial charge in [-0.05, 0) is 15.9 Å². The van der Waals surface area contributed by atoms with E-state index in [4.69, 9.17) is 5.73 Å². The van der Waals surface area contributed by atoms with Crippen LogP contribution in [0, 0.1) is 0 Å². The molecule has 2 rings (SSSR count). The van der Waals surface area contributed by atoms with Crippen molar-refractivity contribution >= 4 is 33.1 Å². The molecule has 0 amide bonds. The number of nitrogens with two attached hydrogens (primary N) is 1. The van der Waals surface area contributed by atoms with Crippen molar-refractivity contribution in [3.05, 3.63) is 21.2 Å². The Labute approximate surface area is 86.7 Å². The maximum atomic E-state index is 5.42. The molecule has 2 heterocycles. The molecule has 0 bridgehead atoms. The number of hydrogen-bond donors (Lipinski definition) is 1. The minimum absolute atomic E-state index is 0.427. The topological polar surface area (TPSA) is 69.6 Å². The van der Waals surface area contributed by atoms with Crippen LogP contribution in [0.1, 0.15) is 5.01 Å². The minimum atomic E-state index is 0.427. The Morgan fingerprint density at radius 1 is 1.62 bits per heavy atom. The fraction of sp³-hybridized carbons (Fsp3) is 0.167. The minimum Gasteiger partial charge on any atom is -0.381 e. The van der Waals surface area contributed by atoms with Gasteiger partial charge in [-0.1, -0.05) is 5.21 Å². The highest BCUT2D eigenvalue weighted by atomic mass is 79.9. The number of nitrogen functional groups attached to an aromatic ring is 1. The Bertz CT molecular complexity index is 370. The molecule has 2 aromatic rings. The van der Waals surface area contributed by atoms with E-state index in [1.54, 1.807) is 28.4 Å². The predicted molar refractivity (Wildman–Crippen MR) is 53.4 cm³/mol. The fourth-order valence-electron chi connectivity index (χ4n) is 0.890. The first-order chi connectivity index (χ1) is 6.24. The van der Waals surface area contributed by atoms with E-state index in [2.05, 4.69) is 31.2 Å². The second kappa shape index (κ2) is 3.43. The molecular weight excluding hydrogens is 254 g/mol. The fourth-order valence-corrected chi connectivity index (χ4v) is 2.19. The van der Waals surface area contributed by atoms with Crippen molar-refractivity contribution in [1.82, 2.24) is 20.0 Å². The summed E-state index contributed by atoms with van der Waals surface area (Å²) >= 11 is 4.90. The molecule has 0 aliphatic heterocycles. The third-order valence-corrected chi connectivity index (χ3v) is 2.84. The van der Waals surface area contributed by atoms with Crippen molar-refractivity contribution in [3.63, 3.8) is 0 Å². The van der Waals surface area contributed by atoms with Crippen LogP contribution in [-0.2, 0) is 6.54 Å². The summed E-state index contributed by atoms with van der Waals surface area (Å²) < 4.78 is 2.66. The van der Waals surface area contributed by atoms with Gasteiger partial charge >= 0.3 is 0 Å². The van der Waals surface area contributed by atoms with Crippen molar-refractivity contribution in [2.45, 2.75) is 6.54 Å². The molecule has 7 heteroatoms. The smallest absolute Gasteiger partial charge is 0.165 e. The number of thiazole rings is 1. The predicted octanol–water partition coefficient (Wildman–Crippen LogP) is 1.13. The zero-order valence-electron chi connectivity index (χ0n) is 6.51. The summed E-state index contributed by atoms with van der Waals surface area (Å²) in [7, 11) is 0. The first-order valence-electron chi connectivity index (χ1n) is 3.50. The van der Waals surface area contributed by atoms with E-state index in [-0.39, 0.29) is 0 Å². The van der Waals surface area contributed by atoms with E-state index in [1.165, 1.54) is 0 Å². The third kappa shape index (κ3) is 2.04. The number of aromatic nitrogens is 4. The molecule has 0 radical (unpaired) electrons. The van der Waals surface area contributed by atoms with Crippen LogP contribution in [0.3, 0.4) is 0 Å². The maximum Gasteiger partial charge on any atom is 0.165 e. The van der Waals surface area contributed by atoms with E-state index in [0.29, 0.717) is 12.4 Å². The number of hydrogen-bond acceptors (Lipinski definition) is 5. The van der Waals surface area contributed by atoms with Gasteiger partial charge in [-0.25, -0.2) is 9.67 Å². The standard InChI is InChI=1S/C6H6BrN5S/c7-4-1-9-6(13-4)3-12-2-5(8)10-11-12/h1-2H,3,8H2. The Morgan fingerprint density at radius 2 is 2.46 bits per heavy atom. The summed E-state index contributed by atoms with van der Waals surface area (Å²) in [5.41, 5.74) is 5.42.